The maximum Gasteiger partial charge on any atom is 0.0502 e. The molecule has 1 aliphatic heterocycles. The van der Waals surface area contributed by atoms with Crippen LogP contribution in [0.25, 0.3) is 0 Å². The van der Waals surface area contributed by atoms with E-state index < -0.39 is 0 Å². The van der Waals surface area contributed by atoms with Crippen LogP contribution in [-0.2, 0) is 0 Å². The Labute approximate surface area is 68.2 Å². The Hall–Kier alpha value is -0.0800. The average molecular weight is 155 g/mol. The fraction of sp³-hybridized carbons (Fsp3) is 1.00. The minimum atomic E-state index is 0.338. The molecule has 2 fully saturated rings. The quantitative estimate of drug-likeness (QED) is 0.635. The number of hydrogen-bond donors (Lipinski definition) is 1. The molecule has 2 nitrogen and oxygen atoms in total. The summed E-state index contributed by atoms with van der Waals surface area (Å²) in [7, 11) is 0. The molecule has 1 saturated carbocycles. The van der Waals surface area contributed by atoms with E-state index in [0.717, 1.165) is 12.5 Å². The van der Waals surface area contributed by atoms with Gasteiger partial charge in [-0.15, -0.1) is 0 Å². The van der Waals surface area contributed by atoms with Gasteiger partial charge < -0.3 is 5.11 Å². The van der Waals surface area contributed by atoms with Crippen molar-refractivity contribution in [3.63, 3.8) is 0 Å². The normalized spacial score (nSPS) is 43.1. The van der Waals surface area contributed by atoms with E-state index in [1.807, 2.05) is 0 Å². The van der Waals surface area contributed by atoms with Crippen LogP contribution >= 0.6 is 0 Å². The van der Waals surface area contributed by atoms with Crippen LogP contribution in [-0.4, -0.2) is 35.7 Å². The molecule has 0 amide bonds. The third kappa shape index (κ3) is 1.00. The van der Waals surface area contributed by atoms with Gasteiger partial charge in [0.1, 0.15) is 0 Å². The summed E-state index contributed by atoms with van der Waals surface area (Å²) in [5, 5.41) is 9.14. The average Bonchev–Trinajstić information content (AvgIpc) is 2.55. The van der Waals surface area contributed by atoms with Gasteiger partial charge >= 0.3 is 0 Å². The molecule has 2 heteroatoms. The van der Waals surface area contributed by atoms with Gasteiger partial charge in [-0.2, -0.15) is 0 Å². The predicted octanol–water partition coefficient (Wildman–Crippen LogP) is 0.709. The van der Waals surface area contributed by atoms with Crippen molar-refractivity contribution in [3.8, 4) is 0 Å². The largest absolute Gasteiger partial charge is 0.396 e. The number of aliphatic hydroxyl groups excluding tert-OH is 1. The van der Waals surface area contributed by atoms with Crippen LogP contribution in [0.1, 0.15) is 20.3 Å². The Morgan fingerprint density at radius 3 is 2.73 bits per heavy atom. The number of rotatable bonds is 2. The second-order valence-electron chi connectivity index (χ2n) is 4.44. The molecule has 0 bridgehead atoms. The lowest BCUT2D eigenvalue weighted by Crippen LogP contribution is -2.32. The van der Waals surface area contributed by atoms with Crippen molar-refractivity contribution in [1.29, 1.82) is 0 Å². The molecule has 0 spiro atoms. The van der Waals surface area contributed by atoms with Gasteiger partial charge in [0.25, 0.3) is 0 Å². The smallest absolute Gasteiger partial charge is 0.0502 e. The Balaban J connectivity index is 1.97. The molecule has 1 saturated heterocycles. The summed E-state index contributed by atoms with van der Waals surface area (Å²) in [4.78, 5) is 2.48. The lowest BCUT2D eigenvalue weighted by atomic mass is 10.1. The van der Waals surface area contributed by atoms with Crippen molar-refractivity contribution in [2.75, 3.05) is 19.7 Å². The van der Waals surface area contributed by atoms with E-state index >= 15 is 0 Å². The maximum atomic E-state index is 9.14. The molecule has 2 unspecified atom stereocenters. The lowest BCUT2D eigenvalue weighted by molar-refractivity contribution is 0.171. The summed E-state index contributed by atoms with van der Waals surface area (Å²) in [6, 6.07) is 0.659. The minimum Gasteiger partial charge on any atom is -0.396 e. The standard InChI is InChI=1S/C9H17NO/c1-7(2)10-4-8-3-9(8,5-10)6-11/h7-8,11H,3-6H2,1-2H3. The SMILES string of the molecule is CC(C)N1CC2CC2(CO)C1. The van der Waals surface area contributed by atoms with Crippen LogP contribution in [0.5, 0.6) is 0 Å². The number of aliphatic hydroxyl groups is 1. The van der Waals surface area contributed by atoms with Crippen LogP contribution in [0.4, 0.5) is 0 Å². The van der Waals surface area contributed by atoms with E-state index in [1.165, 1.54) is 13.0 Å². The van der Waals surface area contributed by atoms with Crippen molar-refractivity contribution in [1.82, 2.24) is 4.90 Å². The van der Waals surface area contributed by atoms with Gasteiger partial charge in [-0.1, -0.05) is 0 Å². The second kappa shape index (κ2) is 2.20. The summed E-state index contributed by atoms with van der Waals surface area (Å²) in [5.41, 5.74) is 0.338. The van der Waals surface area contributed by atoms with E-state index in [1.54, 1.807) is 0 Å². The lowest BCUT2D eigenvalue weighted by Gasteiger charge is -2.23. The maximum absolute atomic E-state index is 9.14. The highest BCUT2D eigenvalue weighted by molar-refractivity contribution is 5.10. The van der Waals surface area contributed by atoms with Gasteiger partial charge in [0.2, 0.25) is 0 Å². The van der Waals surface area contributed by atoms with E-state index in [-0.39, 0.29) is 0 Å². The zero-order chi connectivity index (χ0) is 8.06. The highest BCUT2D eigenvalue weighted by atomic mass is 16.3. The third-order valence-corrected chi connectivity index (χ3v) is 3.38. The number of nitrogens with zero attached hydrogens (tertiary/aromatic N) is 1. The zero-order valence-electron chi connectivity index (χ0n) is 7.38. The first-order valence-electron chi connectivity index (χ1n) is 4.53. The molecule has 0 aromatic rings. The molecule has 64 valence electrons. The molecular formula is C9H17NO. The van der Waals surface area contributed by atoms with Gasteiger partial charge in [0.05, 0.1) is 6.61 Å². The summed E-state index contributed by atoms with van der Waals surface area (Å²) >= 11 is 0. The summed E-state index contributed by atoms with van der Waals surface area (Å²) in [6.45, 7) is 7.22. The fourth-order valence-electron chi connectivity index (χ4n) is 2.27. The first-order chi connectivity index (χ1) is 5.18. The first-order valence-corrected chi connectivity index (χ1v) is 4.53. The minimum absolute atomic E-state index is 0.338. The molecule has 1 aliphatic carbocycles. The van der Waals surface area contributed by atoms with Crippen molar-refractivity contribution in [2.24, 2.45) is 11.3 Å². The molecule has 2 aliphatic rings. The number of piperidine rings is 1. The number of fused-ring (bicyclic) bond motifs is 1. The topological polar surface area (TPSA) is 23.5 Å². The van der Waals surface area contributed by atoms with Gasteiger partial charge in [0, 0.05) is 24.5 Å². The molecule has 1 heterocycles. The Morgan fingerprint density at radius 2 is 2.36 bits per heavy atom. The molecular weight excluding hydrogens is 138 g/mol. The number of hydrogen-bond acceptors (Lipinski definition) is 2. The van der Waals surface area contributed by atoms with Gasteiger partial charge in [-0.3, -0.25) is 4.90 Å². The molecule has 2 atom stereocenters. The summed E-state index contributed by atoms with van der Waals surface area (Å²) in [5.74, 6) is 0.815. The van der Waals surface area contributed by atoms with Gasteiger partial charge in [-0.25, -0.2) is 0 Å². The van der Waals surface area contributed by atoms with Crippen LogP contribution in [0.3, 0.4) is 0 Å². The monoisotopic (exact) mass is 155 g/mol. The Bertz CT molecular complexity index is 165. The molecule has 11 heavy (non-hydrogen) atoms. The predicted molar refractivity (Wildman–Crippen MR) is 44.3 cm³/mol. The van der Waals surface area contributed by atoms with Crippen LogP contribution in [0, 0.1) is 11.3 Å². The van der Waals surface area contributed by atoms with Crippen molar-refractivity contribution in [2.45, 2.75) is 26.3 Å². The van der Waals surface area contributed by atoms with Gasteiger partial charge in [0.15, 0.2) is 0 Å². The molecule has 2 rings (SSSR count). The molecule has 1 N–H and O–H groups in total. The third-order valence-electron chi connectivity index (χ3n) is 3.38. The molecule has 0 aromatic carbocycles. The van der Waals surface area contributed by atoms with E-state index in [9.17, 15) is 0 Å². The molecule has 0 radical (unpaired) electrons. The van der Waals surface area contributed by atoms with Crippen molar-refractivity contribution < 1.29 is 5.11 Å². The first kappa shape index (κ1) is 7.56. The second-order valence-corrected chi connectivity index (χ2v) is 4.44. The number of likely N-dealkylation sites (tertiary alicyclic amines) is 1. The fourth-order valence-corrected chi connectivity index (χ4v) is 2.27. The van der Waals surface area contributed by atoms with E-state index in [0.29, 0.717) is 18.1 Å². The van der Waals surface area contributed by atoms with E-state index in [4.69, 9.17) is 5.11 Å². The summed E-state index contributed by atoms with van der Waals surface area (Å²) < 4.78 is 0. The van der Waals surface area contributed by atoms with Crippen LogP contribution in [0.2, 0.25) is 0 Å². The van der Waals surface area contributed by atoms with Crippen molar-refractivity contribution >= 4 is 0 Å². The highest BCUT2D eigenvalue weighted by Gasteiger charge is 2.59. The van der Waals surface area contributed by atoms with E-state index in [2.05, 4.69) is 18.7 Å². The highest BCUT2D eigenvalue weighted by Crippen LogP contribution is 2.57. The van der Waals surface area contributed by atoms with Crippen molar-refractivity contribution in [3.05, 3.63) is 0 Å². The molecule has 0 aromatic heterocycles. The van der Waals surface area contributed by atoms with Crippen LogP contribution in [0.15, 0.2) is 0 Å². The Morgan fingerprint density at radius 1 is 1.64 bits per heavy atom. The Kier molecular flexibility index (Phi) is 1.52. The van der Waals surface area contributed by atoms with Crippen LogP contribution < -0.4 is 0 Å². The zero-order valence-corrected chi connectivity index (χ0v) is 7.38. The summed E-state index contributed by atoms with van der Waals surface area (Å²) in [6.07, 6.45) is 1.27. The van der Waals surface area contributed by atoms with Gasteiger partial charge in [-0.05, 0) is 26.2 Å².